The van der Waals surface area contributed by atoms with Crippen LogP contribution in [-0.2, 0) is 10.2 Å². The zero-order valence-electron chi connectivity index (χ0n) is 16.2. The van der Waals surface area contributed by atoms with Gasteiger partial charge in [0.05, 0.1) is 6.04 Å². The zero-order valence-corrected chi connectivity index (χ0v) is 16.2. The molecular weight excluding hydrogens is 316 g/mol. The first-order chi connectivity index (χ1) is 11.8. The summed E-state index contributed by atoms with van der Waals surface area (Å²) in [5, 5.41) is 7.79. The van der Waals surface area contributed by atoms with Crippen LogP contribution in [0.2, 0.25) is 0 Å². The van der Waals surface area contributed by atoms with Gasteiger partial charge >= 0.3 is 0 Å². The minimum atomic E-state index is -0.109. The van der Waals surface area contributed by atoms with Gasteiger partial charge in [0.15, 0.2) is 5.82 Å². The molecule has 3 atom stereocenters. The van der Waals surface area contributed by atoms with Gasteiger partial charge in [-0.2, -0.15) is 4.98 Å². The van der Waals surface area contributed by atoms with Crippen molar-refractivity contribution in [2.24, 2.45) is 11.8 Å². The number of hydrogen-bond acceptors (Lipinski definition) is 5. The molecule has 1 aromatic heterocycles. The van der Waals surface area contributed by atoms with Crippen LogP contribution in [0.1, 0.15) is 78.1 Å². The number of amides is 1. The fourth-order valence-electron chi connectivity index (χ4n) is 3.56. The molecule has 1 saturated carbocycles. The highest BCUT2D eigenvalue weighted by Gasteiger charge is 2.38. The first-order valence-corrected chi connectivity index (χ1v) is 9.68. The van der Waals surface area contributed by atoms with E-state index >= 15 is 0 Å². The lowest BCUT2D eigenvalue weighted by atomic mass is 9.89. The Labute approximate surface area is 150 Å². The minimum absolute atomic E-state index is 0.0216. The summed E-state index contributed by atoms with van der Waals surface area (Å²) < 4.78 is 5.47. The van der Waals surface area contributed by atoms with E-state index < -0.39 is 0 Å². The summed E-state index contributed by atoms with van der Waals surface area (Å²) in [6.07, 6.45) is 4.22. The quantitative estimate of drug-likeness (QED) is 0.885. The summed E-state index contributed by atoms with van der Waals surface area (Å²) >= 11 is 0. The van der Waals surface area contributed by atoms with E-state index in [9.17, 15) is 4.79 Å². The Morgan fingerprint density at radius 1 is 1.36 bits per heavy atom. The molecule has 3 rings (SSSR count). The topological polar surface area (TPSA) is 71.3 Å². The third-order valence-electron chi connectivity index (χ3n) is 5.44. The number of piperidine rings is 1. The average Bonchev–Trinajstić information content (AvgIpc) is 3.28. The first-order valence-electron chi connectivity index (χ1n) is 9.68. The second-order valence-electron chi connectivity index (χ2n) is 8.72. The Morgan fingerprint density at radius 3 is 2.64 bits per heavy atom. The van der Waals surface area contributed by atoms with Gasteiger partial charge in [-0.1, -0.05) is 39.3 Å². The lowest BCUT2D eigenvalue weighted by molar-refractivity contribution is -0.134. The number of likely N-dealkylation sites (tertiary alicyclic amines) is 1. The molecule has 25 heavy (non-hydrogen) atoms. The number of aromatic nitrogens is 2. The van der Waals surface area contributed by atoms with Gasteiger partial charge in [0.1, 0.15) is 0 Å². The summed E-state index contributed by atoms with van der Waals surface area (Å²) in [6, 6.07) is 0.404. The van der Waals surface area contributed by atoms with E-state index in [1.165, 1.54) is 0 Å². The Kier molecular flexibility index (Phi) is 5.19. The van der Waals surface area contributed by atoms with Crippen molar-refractivity contribution < 1.29 is 9.32 Å². The third-order valence-corrected chi connectivity index (χ3v) is 5.44. The molecule has 3 unspecified atom stereocenters. The fraction of sp³-hybridized carbons (Fsp3) is 0.842. The molecule has 6 nitrogen and oxygen atoms in total. The Balaban J connectivity index is 1.59. The lowest BCUT2D eigenvalue weighted by Crippen LogP contribution is -2.51. The number of carbonyl (C=O) groups is 1. The molecule has 0 bridgehead atoms. The fourth-order valence-corrected chi connectivity index (χ4v) is 3.56. The van der Waals surface area contributed by atoms with Gasteiger partial charge < -0.3 is 14.7 Å². The van der Waals surface area contributed by atoms with Crippen molar-refractivity contribution in [1.29, 1.82) is 0 Å². The van der Waals surface area contributed by atoms with Crippen LogP contribution in [0.25, 0.3) is 0 Å². The normalized spacial score (nSPS) is 25.9. The number of nitrogens with one attached hydrogen (secondary N) is 1. The van der Waals surface area contributed by atoms with E-state index in [1.807, 2.05) is 0 Å². The monoisotopic (exact) mass is 348 g/mol. The van der Waals surface area contributed by atoms with Crippen molar-refractivity contribution in [1.82, 2.24) is 20.4 Å². The largest absolute Gasteiger partial charge is 0.342 e. The van der Waals surface area contributed by atoms with E-state index in [0.717, 1.165) is 44.6 Å². The Bertz CT molecular complexity index is 603. The van der Waals surface area contributed by atoms with Crippen LogP contribution in [0.4, 0.5) is 0 Å². The van der Waals surface area contributed by atoms with Crippen LogP contribution in [-0.4, -0.2) is 40.1 Å². The molecule has 2 heterocycles. The molecule has 1 aliphatic carbocycles. The predicted molar refractivity (Wildman–Crippen MR) is 96.0 cm³/mol. The molecule has 0 radical (unpaired) electrons. The highest BCUT2D eigenvalue weighted by molar-refractivity contribution is 5.81. The summed E-state index contributed by atoms with van der Waals surface area (Å²) in [5.41, 5.74) is -0.109. The Hall–Kier alpha value is -1.43. The predicted octanol–water partition coefficient (Wildman–Crippen LogP) is 3.05. The van der Waals surface area contributed by atoms with Crippen molar-refractivity contribution in [3.63, 3.8) is 0 Å². The summed E-state index contributed by atoms with van der Waals surface area (Å²) in [7, 11) is 0. The molecule has 0 spiro atoms. The van der Waals surface area contributed by atoms with Crippen molar-refractivity contribution in [3.05, 3.63) is 11.7 Å². The second kappa shape index (κ2) is 7.06. The molecule has 1 N–H and O–H groups in total. The van der Waals surface area contributed by atoms with E-state index in [1.54, 1.807) is 0 Å². The average molecular weight is 348 g/mol. The number of nitrogens with zero attached hydrogens (tertiary/aromatic N) is 3. The number of rotatable bonds is 5. The highest BCUT2D eigenvalue weighted by atomic mass is 16.5. The lowest BCUT2D eigenvalue weighted by Gasteiger charge is -2.39. The van der Waals surface area contributed by atoms with E-state index in [2.05, 4.69) is 55.0 Å². The molecule has 1 saturated heterocycles. The van der Waals surface area contributed by atoms with E-state index in [4.69, 9.17) is 4.52 Å². The van der Waals surface area contributed by atoms with Crippen LogP contribution in [0, 0.1) is 11.8 Å². The zero-order chi connectivity index (χ0) is 18.2. The second-order valence-corrected chi connectivity index (χ2v) is 8.72. The third kappa shape index (κ3) is 4.22. The Morgan fingerprint density at radius 2 is 2.08 bits per heavy atom. The van der Waals surface area contributed by atoms with Gasteiger partial charge in [-0.15, -0.1) is 0 Å². The maximum atomic E-state index is 12.3. The van der Waals surface area contributed by atoms with Crippen LogP contribution in [0.5, 0.6) is 0 Å². The van der Waals surface area contributed by atoms with Gasteiger partial charge in [-0.3, -0.25) is 4.79 Å². The first kappa shape index (κ1) is 18.4. The van der Waals surface area contributed by atoms with Crippen molar-refractivity contribution in [2.45, 2.75) is 77.8 Å². The molecule has 0 aromatic carbocycles. The smallest absolute Gasteiger partial charge is 0.243 e. The van der Waals surface area contributed by atoms with E-state index in [-0.39, 0.29) is 11.5 Å². The SMILES string of the molecule is CCC1CN(C(=O)C2CC2)CCC1NC(C)c1nc(C(C)(C)C)no1. The highest BCUT2D eigenvalue weighted by Crippen LogP contribution is 2.33. The molecule has 1 aliphatic heterocycles. The molecule has 1 aromatic rings. The summed E-state index contributed by atoms with van der Waals surface area (Å²) in [5.74, 6) is 2.56. The van der Waals surface area contributed by atoms with Gasteiger partial charge in [0.25, 0.3) is 0 Å². The molecule has 2 aliphatic rings. The van der Waals surface area contributed by atoms with Gasteiger partial charge in [0, 0.05) is 30.5 Å². The van der Waals surface area contributed by atoms with E-state index in [0.29, 0.717) is 29.7 Å². The molecule has 2 fully saturated rings. The van der Waals surface area contributed by atoms with Gasteiger partial charge in [-0.05, 0) is 32.1 Å². The van der Waals surface area contributed by atoms with Crippen LogP contribution >= 0.6 is 0 Å². The van der Waals surface area contributed by atoms with Crippen LogP contribution < -0.4 is 5.32 Å². The van der Waals surface area contributed by atoms with Crippen molar-refractivity contribution >= 4 is 5.91 Å². The standard InChI is InChI=1S/C19H32N4O2/c1-6-13-11-23(17(24)14-7-8-14)10-9-15(13)20-12(2)16-21-18(22-25-16)19(3,4)5/h12-15,20H,6-11H2,1-5H3. The number of carbonyl (C=O) groups excluding carboxylic acids is 1. The molecule has 140 valence electrons. The maximum absolute atomic E-state index is 12.3. The van der Waals surface area contributed by atoms with Crippen molar-refractivity contribution in [2.75, 3.05) is 13.1 Å². The molecular formula is C19H32N4O2. The van der Waals surface area contributed by atoms with Crippen molar-refractivity contribution in [3.8, 4) is 0 Å². The van der Waals surface area contributed by atoms with Crippen LogP contribution in [0.3, 0.4) is 0 Å². The summed E-state index contributed by atoms with van der Waals surface area (Å²) in [4.78, 5) is 19.0. The van der Waals surface area contributed by atoms with Crippen LogP contribution in [0.15, 0.2) is 4.52 Å². The number of hydrogen-bond donors (Lipinski definition) is 1. The summed E-state index contributed by atoms with van der Waals surface area (Å²) in [6.45, 7) is 12.3. The molecule has 1 amide bonds. The maximum Gasteiger partial charge on any atom is 0.243 e. The van der Waals surface area contributed by atoms with Gasteiger partial charge in [-0.25, -0.2) is 0 Å². The molecule has 6 heteroatoms. The minimum Gasteiger partial charge on any atom is -0.342 e. The van der Waals surface area contributed by atoms with Gasteiger partial charge in [0.2, 0.25) is 11.8 Å².